The zero-order chi connectivity index (χ0) is 35.9. The van der Waals surface area contributed by atoms with Crippen molar-refractivity contribution >= 4 is 35.0 Å². The number of amides is 3. The summed E-state index contributed by atoms with van der Waals surface area (Å²) in [6.07, 6.45) is 5.80. The smallest absolute Gasteiger partial charge is 0.387 e. The molecule has 51 heavy (non-hydrogen) atoms. The van der Waals surface area contributed by atoms with Gasteiger partial charge in [-0.15, -0.1) is 0 Å². The molecule has 4 heterocycles. The van der Waals surface area contributed by atoms with Crippen molar-refractivity contribution in [3.8, 4) is 28.1 Å². The Balaban J connectivity index is 1.14. The van der Waals surface area contributed by atoms with Crippen LogP contribution in [0.5, 0.6) is 5.75 Å². The van der Waals surface area contributed by atoms with Crippen molar-refractivity contribution in [1.29, 1.82) is 0 Å². The number of carbonyl (C=O) groups excluding carboxylic acids is 3. The molecular weight excluding hydrogens is 680 g/mol. The van der Waals surface area contributed by atoms with Crippen molar-refractivity contribution in [2.45, 2.75) is 64.4 Å². The molecule has 2 fully saturated rings. The number of alkyl halides is 2. The SMILES string of the molecule is Cc1c(NC(=O)c2ccc(CNCC3CCC(=O)N3)cn2)cccc1-c1ccnc(-c2ccc(CNCC3CCC(=O)N3)c(OC(F)F)c2)c1Cl. The molecule has 266 valence electrons. The van der Waals surface area contributed by atoms with E-state index in [4.69, 9.17) is 16.3 Å². The standard InChI is InChI=1S/C37H38ClF2N7O4/c1-21-27(3-2-4-29(21)47-36(50)30-10-5-22(17-44-30)16-41-19-25-8-11-32(48)45-25)28-13-14-43-35(34(28)38)23-6-7-24(31(15-23)51-37(39)40)18-42-20-26-9-12-33(49)46-26/h2-7,10,13-15,17,25-26,37,41-42H,8-9,11-12,16,18-20H2,1H3,(H,45,48)(H,46,49)(H,47,50). The van der Waals surface area contributed by atoms with E-state index in [0.717, 1.165) is 29.5 Å². The Kier molecular flexibility index (Phi) is 11.5. The second-order valence-corrected chi connectivity index (χ2v) is 13.0. The number of hydrogen-bond donors (Lipinski definition) is 5. The molecule has 2 aliphatic rings. The van der Waals surface area contributed by atoms with Crippen LogP contribution in [0.15, 0.2) is 67.0 Å². The molecule has 2 unspecified atom stereocenters. The van der Waals surface area contributed by atoms with Crippen LogP contribution in [0.1, 0.15) is 52.9 Å². The molecule has 0 saturated carbocycles. The van der Waals surface area contributed by atoms with E-state index in [1.807, 2.05) is 19.1 Å². The third-order valence-corrected chi connectivity index (χ3v) is 9.35. The van der Waals surface area contributed by atoms with Crippen LogP contribution in [-0.2, 0) is 22.7 Å². The highest BCUT2D eigenvalue weighted by molar-refractivity contribution is 6.35. The van der Waals surface area contributed by atoms with Crippen molar-refractivity contribution < 1.29 is 27.9 Å². The second kappa shape index (κ2) is 16.4. The van der Waals surface area contributed by atoms with Gasteiger partial charge < -0.3 is 31.3 Å². The van der Waals surface area contributed by atoms with Gasteiger partial charge in [0.25, 0.3) is 5.91 Å². The molecule has 14 heteroatoms. The van der Waals surface area contributed by atoms with E-state index >= 15 is 0 Å². The van der Waals surface area contributed by atoms with E-state index in [1.165, 1.54) is 6.07 Å². The molecule has 5 N–H and O–H groups in total. The molecule has 0 aliphatic carbocycles. The fourth-order valence-electron chi connectivity index (χ4n) is 6.25. The summed E-state index contributed by atoms with van der Waals surface area (Å²) in [5, 5.41) is 15.6. The Hall–Kier alpha value is -4.98. The van der Waals surface area contributed by atoms with Gasteiger partial charge in [-0.3, -0.25) is 24.4 Å². The minimum Gasteiger partial charge on any atom is -0.434 e. The first-order valence-electron chi connectivity index (χ1n) is 16.7. The van der Waals surface area contributed by atoms with Gasteiger partial charge in [0.2, 0.25) is 11.8 Å². The van der Waals surface area contributed by atoms with Gasteiger partial charge in [-0.2, -0.15) is 8.78 Å². The maximum absolute atomic E-state index is 13.4. The van der Waals surface area contributed by atoms with Crippen LogP contribution in [0.4, 0.5) is 14.5 Å². The minimum atomic E-state index is -3.04. The van der Waals surface area contributed by atoms with Crippen molar-refractivity contribution in [3.05, 3.63) is 94.4 Å². The van der Waals surface area contributed by atoms with Crippen LogP contribution < -0.4 is 31.3 Å². The summed E-state index contributed by atoms with van der Waals surface area (Å²) in [6, 6.07) is 15.8. The predicted octanol–water partition coefficient (Wildman–Crippen LogP) is 5.36. The Morgan fingerprint density at radius 1 is 0.941 bits per heavy atom. The number of nitrogens with one attached hydrogen (secondary N) is 5. The lowest BCUT2D eigenvalue weighted by atomic mass is 9.97. The van der Waals surface area contributed by atoms with E-state index in [1.54, 1.807) is 48.8 Å². The fourth-order valence-corrected chi connectivity index (χ4v) is 6.57. The second-order valence-electron chi connectivity index (χ2n) is 12.6. The third kappa shape index (κ3) is 9.04. The predicted molar refractivity (Wildman–Crippen MR) is 189 cm³/mol. The highest BCUT2D eigenvalue weighted by Crippen LogP contribution is 2.39. The number of hydrogen-bond acceptors (Lipinski definition) is 8. The molecule has 2 aliphatic heterocycles. The topological polar surface area (TPSA) is 146 Å². The first kappa shape index (κ1) is 35.8. The number of benzene rings is 2. The lowest BCUT2D eigenvalue weighted by Gasteiger charge is -2.17. The molecule has 11 nitrogen and oxygen atoms in total. The molecule has 0 radical (unpaired) electrons. The van der Waals surface area contributed by atoms with Crippen molar-refractivity contribution in [2.75, 3.05) is 18.4 Å². The summed E-state index contributed by atoms with van der Waals surface area (Å²) in [5.74, 6) is -0.305. The van der Waals surface area contributed by atoms with Crippen molar-refractivity contribution in [3.63, 3.8) is 0 Å². The maximum atomic E-state index is 13.4. The number of ether oxygens (including phenoxy) is 1. The molecule has 3 amide bonds. The van der Waals surface area contributed by atoms with Gasteiger partial charge in [0.1, 0.15) is 11.4 Å². The summed E-state index contributed by atoms with van der Waals surface area (Å²) < 4.78 is 31.7. The van der Waals surface area contributed by atoms with E-state index in [-0.39, 0.29) is 47.8 Å². The van der Waals surface area contributed by atoms with Gasteiger partial charge in [-0.05, 0) is 60.7 Å². The van der Waals surface area contributed by atoms with Gasteiger partial charge in [0, 0.05) is 85.9 Å². The number of halogens is 3. The molecule has 0 bridgehead atoms. The minimum absolute atomic E-state index is 0.00313. The van der Waals surface area contributed by atoms with Gasteiger partial charge in [0.15, 0.2) is 0 Å². The Morgan fingerprint density at radius 3 is 2.31 bits per heavy atom. The third-order valence-electron chi connectivity index (χ3n) is 8.97. The molecular formula is C37H38ClF2N7O4. The zero-order valence-corrected chi connectivity index (χ0v) is 28.7. The van der Waals surface area contributed by atoms with Crippen molar-refractivity contribution in [1.82, 2.24) is 31.2 Å². The van der Waals surface area contributed by atoms with Crippen LogP contribution in [-0.4, -0.2) is 59.5 Å². The summed E-state index contributed by atoms with van der Waals surface area (Å²) >= 11 is 6.94. The molecule has 2 atom stereocenters. The van der Waals surface area contributed by atoms with Crippen LogP contribution in [0, 0.1) is 6.92 Å². The number of nitrogens with zero attached hydrogens (tertiary/aromatic N) is 2. The first-order chi connectivity index (χ1) is 24.6. The molecule has 2 aromatic carbocycles. The summed E-state index contributed by atoms with van der Waals surface area (Å²) in [7, 11) is 0. The summed E-state index contributed by atoms with van der Waals surface area (Å²) in [6.45, 7) is 0.805. The molecule has 0 spiro atoms. The van der Waals surface area contributed by atoms with E-state index in [9.17, 15) is 23.2 Å². The summed E-state index contributed by atoms with van der Waals surface area (Å²) in [4.78, 5) is 44.9. The van der Waals surface area contributed by atoms with E-state index in [2.05, 4.69) is 36.6 Å². The average Bonchev–Trinajstić information content (AvgIpc) is 3.73. The number of rotatable bonds is 14. The maximum Gasteiger partial charge on any atom is 0.387 e. The molecule has 2 aromatic heterocycles. The largest absolute Gasteiger partial charge is 0.434 e. The number of pyridine rings is 2. The van der Waals surface area contributed by atoms with E-state index < -0.39 is 6.61 Å². The van der Waals surface area contributed by atoms with Crippen LogP contribution >= 0.6 is 11.6 Å². The molecule has 2 saturated heterocycles. The number of anilines is 1. The first-order valence-corrected chi connectivity index (χ1v) is 17.1. The quantitative estimate of drug-likeness (QED) is 0.117. The normalized spacial score (nSPS) is 17.0. The Bertz CT molecular complexity index is 1910. The fraction of sp³-hybridized carbons (Fsp3) is 0.324. The van der Waals surface area contributed by atoms with Crippen LogP contribution in [0.25, 0.3) is 22.4 Å². The van der Waals surface area contributed by atoms with Gasteiger partial charge >= 0.3 is 6.61 Å². The van der Waals surface area contributed by atoms with E-state index in [0.29, 0.717) is 65.6 Å². The van der Waals surface area contributed by atoms with Gasteiger partial charge in [-0.25, -0.2) is 0 Å². The molecule has 4 aromatic rings. The molecule has 6 rings (SSSR count). The lowest BCUT2D eigenvalue weighted by molar-refractivity contribution is -0.120. The monoisotopic (exact) mass is 717 g/mol. The highest BCUT2D eigenvalue weighted by Gasteiger charge is 2.22. The van der Waals surface area contributed by atoms with Crippen LogP contribution in [0.2, 0.25) is 5.02 Å². The lowest BCUT2D eigenvalue weighted by Crippen LogP contribution is -2.35. The Morgan fingerprint density at radius 2 is 1.67 bits per heavy atom. The number of aromatic nitrogens is 2. The highest BCUT2D eigenvalue weighted by atomic mass is 35.5. The van der Waals surface area contributed by atoms with Crippen LogP contribution in [0.3, 0.4) is 0 Å². The van der Waals surface area contributed by atoms with Crippen molar-refractivity contribution in [2.24, 2.45) is 0 Å². The average molecular weight is 718 g/mol. The van der Waals surface area contributed by atoms with Gasteiger partial charge in [-0.1, -0.05) is 41.9 Å². The Labute approximate surface area is 298 Å². The van der Waals surface area contributed by atoms with Gasteiger partial charge in [0.05, 0.1) is 10.7 Å². The summed E-state index contributed by atoms with van der Waals surface area (Å²) in [5.41, 5.74) is 5.26. The zero-order valence-electron chi connectivity index (χ0n) is 27.9. The number of carbonyl (C=O) groups is 3.